The zero-order chi connectivity index (χ0) is 19.7. The van der Waals surface area contributed by atoms with Gasteiger partial charge in [-0.1, -0.05) is 44.2 Å². The van der Waals surface area contributed by atoms with Crippen molar-refractivity contribution in [3.63, 3.8) is 0 Å². The first-order valence-corrected chi connectivity index (χ1v) is 10.00. The van der Waals surface area contributed by atoms with Gasteiger partial charge in [-0.3, -0.25) is 9.78 Å². The third-order valence-corrected chi connectivity index (χ3v) is 6.62. The fourth-order valence-electron chi connectivity index (χ4n) is 4.78. The lowest BCUT2D eigenvalue weighted by molar-refractivity contribution is -0.124. The zero-order valence-corrected chi connectivity index (χ0v) is 16.3. The van der Waals surface area contributed by atoms with Gasteiger partial charge in [-0.2, -0.15) is 5.26 Å². The van der Waals surface area contributed by atoms with Crippen LogP contribution in [0.1, 0.15) is 31.5 Å². The highest BCUT2D eigenvalue weighted by Gasteiger charge is 2.46. The van der Waals surface area contributed by atoms with E-state index in [1.165, 1.54) is 0 Å². The van der Waals surface area contributed by atoms with Crippen LogP contribution in [0, 0.1) is 40.9 Å². The van der Waals surface area contributed by atoms with E-state index in [1.807, 2.05) is 42.6 Å². The van der Waals surface area contributed by atoms with Crippen LogP contribution in [-0.4, -0.2) is 17.4 Å². The monoisotopic (exact) mass is 371 g/mol. The smallest absolute Gasteiger partial charge is 0.223 e. The molecule has 1 aromatic carbocycles. The number of rotatable bonds is 3. The Kier molecular flexibility index (Phi) is 5.00. The Morgan fingerprint density at radius 1 is 1.21 bits per heavy atom. The molecular weight excluding hydrogens is 346 g/mol. The van der Waals surface area contributed by atoms with E-state index in [0.29, 0.717) is 29.2 Å². The van der Waals surface area contributed by atoms with Gasteiger partial charge < -0.3 is 5.32 Å². The van der Waals surface area contributed by atoms with Crippen molar-refractivity contribution in [2.24, 2.45) is 29.6 Å². The lowest BCUT2D eigenvalue weighted by Gasteiger charge is -2.39. The van der Waals surface area contributed by atoms with Crippen molar-refractivity contribution in [2.75, 3.05) is 6.54 Å². The average molecular weight is 371 g/mol. The molecule has 142 valence electrons. The molecule has 5 atom stereocenters. The fourth-order valence-corrected chi connectivity index (χ4v) is 4.78. The van der Waals surface area contributed by atoms with E-state index in [-0.39, 0.29) is 11.8 Å². The normalized spacial score (nSPS) is 29.3. The second-order valence-electron chi connectivity index (χ2n) is 8.15. The van der Waals surface area contributed by atoms with Crippen molar-refractivity contribution in [3.05, 3.63) is 59.9 Å². The van der Waals surface area contributed by atoms with Crippen LogP contribution < -0.4 is 5.32 Å². The van der Waals surface area contributed by atoms with E-state index in [2.05, 4.69) is 42.4 Å². The van der Waals surface area contributed by atoms with E-state index in [0.717, 1.165) is 29.8 Å². The highest BCUT2D eigenvalue weighted by Crippen LogP contribution is 2.45. The van der Waals surface area contributed by atoms with Crippen LogP contribution in [0.15, 0.2) is 48.7 Å². The van der Waals surface area contributed by atoms with Gasteiger partial charge in [-0.15, -0.1) is 0 Å². The first-order chi connectivity index (χ1) is 13.6. The third kappa shape index (κ3) is 3.33. The van der Waals surface area contributed by atoms with Gasteiger partial charge in [0.05, 0.1) is 17.3 Å². The largest absolute Gasteiger partial charge is 0.356 e. The van der Waals surface area contributed by atoms with Gasteiger partial charge in [0, 0.05) is 29.8 Å². The van der Waals surface area contributed by atoms with E-state index in [9.17, 15) is 10.1 Å². The Labute approximate surface area is 166 Å². The Morgan fingerprint density at radius 2 is 2.04 bits per heavy atom. The maximum absolute atomic E-state index is 12.1. The van der Waals surface area contributed by atoms with Crippen LogP contribution in [0.3, 0.4) is 0 Å². The molecular formula is C24H25N3O. The van der Waals surface area contributed by atoms with Gasteiger partial charge in [-0.05, 0) is 48.3 Å². The molecule has 4 nitrogen and oxygen atoms in total. The van der Waals surface area contributed by atoms with Gasteiger partial charge in [0.15, 0.2) is 0 Å². The molecule has 0 spiro atoms. The van der Waals surface area contributed by atoms with Crippen molar-refractivity contribution in [3.8, 4) is 17.2 Å². The van der Waals surface area contributed by atoms with Crippen molar-refractivity contribution in [2.45, 2.75) is 20.3 Å². The summed E-state index contributed by atoms with van der Waals surface area (Å²) in [6.45, 7) is 5.34. The van der Waals surface area contributed by atoms with E-state index in [1.54, 1.807) is 0 Å². The second-order valence-corrected chi connectivity index (χ2v) is 8.15. The number of hydrogen-bond acceptors (Lipinski definition) is 3. The number of carbonyl (C=O) groups excluding carboxylic acids is 1. The van der Waals surface area contributed by atoms with Gasteiger partial charge in [-0.25, -0.2) is 0 Å². The summed E-state index contributed by atoms with van der Waals surface area (Å²) in [6.07, 6.45) is 7.15. The van der Waals surface area contributed by atoms with Crippen LogP contribution in [-0.2, 0) is 4.79 Å². The average Bonchev–Trinajstić information content (AvgIpc) is 3.09. The number of fused-ring (bicyclic) bond motifs is 1. The van der Waals surface area contributed by atoms with E-state index >= 15 is 0 Å². The molecule has 28 heavy (non-hydrogen) atoms. The molecule has 2 aliphatic rings. The Bertz CT molecular complexity index is 941. The molecule has 1 amide bonds. The molecule has 4 rings (SSSR count). The molecule has 2 fully saturated rings. The molecule has 1 aromatic heterocycles. The summed E-state index contributed by atoms with van der Waals surface area (Å²) in [7, 11) is 0. The number of nitrogens with zero attached hydrogens (tertiary/aromatic N) is 2. The zero-order valence-electron chi connectivity index (χ0n) is 16.3. The lowest BCUT2D eigenvalue weighted by atomic mass is 9.64. The van der Waals surface area contributed by atoms with Crippen molar-refractivity contribution in [1.29, 1.82) is 5.26 Å². The summed E-state index contributed by atoms with van der Waals surface area (Å²) >= 11 is 0. The number of nitriles is 1. The minimum atomic E-state index is 0.152. The molecule has 4 heteroatoms. The molecule has 1 saturated carbocycles. The first-order valence-electron chi connectivity index (χ1n) is 10.00. The van der Waals surface area contributed by atoms with Gasteiger partial charge >= 0.3 is 0 Å². The SMILES string of the molecule is C[C@H]1[C@H](C=Cc2ccc(-c3ccccc3C#N)cn2)[C@@H]2CNC(=O)[C@@H]2C[C@@H]1C. The van der Waals surface area contributed by atoms with Crippen LogP contribution >= 0.6 is 0 Å². The van der Waals surface area contributed by atoms with Crippen LogP contribution in [0.2, 0.25) is 0 Å². The van der Waals surface area contributed by atoms with Crippen LogP contribution in [0.4, 0.5) is 0 Å². The van der Waals surface area contributed by atoms with Gasteiger partial charge in [0.25, 0.3) is 0 Å². The molecule has 0 unspecified atom stereocenters. The number of allylic oxidation sites excluding steroid dienone is 1. The molecule has 1 aliphatic heterocycles. The van der Waals surface area contributed by atoms with Crippen molar-refractivity contribution in [1.82, 2.24) is 10.3 Å². The number of carbonyl (C=O) groups is 1. The summed E-state index contributed by atoms with van der Waals surface area (Å²) in [5, 5.41) is 12.3. The highest BCUT2D eigenvalue weighted by molar-refractivity contribution is 5.81. The molecule has 0 radical (unpaired) electrons. The minimum Gasteiger partial charge on any atom is -0.356 e. The van der Waals surface area contributed by atoms with Gasteiger partial charge in [0.1, 0.15) is 0 Å². The molecule has 2 aromatic rings. The Morgan fingerprint density at radius 3 is 2.79 bits per heavy atom. The van der Waals surface area contributed by atoms with Crippen molar-refractivity contribution >= 4 is 12.0 Å². The second kappa shape index (κ2) is 7.59. The topological polar surface area (TPSA) is 65.8 Å². The quantitative estimate of drug-likeness (QED) is 0.875. The minimum absolute atomic E-state index is 0.152. The maximum Gasteiger partial charge on any atom is 0.223 e. The summed E-state index contributed by atoms with van der Waals surface area (Å²) in [5.74, 6) is 2.23. The van der Waals surface area contributed by atoms with Crippen LogP contribution in [0.25, 0.3) is 17.2 Å². The lowest BCUT2D eigenvalue weighted by Crippen LogP contribution is -2.37. The van der Waals surface area contributed by atoms with Crippen molar-refractivity contribution < 1.29 is 4.79 Å². The predicted octanol–water partition coefficient (Wildman–Crippen LogP) is 4.29. The predicted molar refractivity (Wildman–Crippen MR) is 110 cm³/mol. The molecule has 0 bridgehead atoms. The standard InChI is InChI=1S/C24H25N3O/c1-15-11-22-23(14-27-24(22)28)20(16(15)2)10-9-19-8-7-18(13-26-19)21-6-4-3-5-17(21)12-25/h3-10,13,15-16,20,22-23H,11,14H2,1-2H3,(H,27,28)/t15-,16+,20-,22+,23-/m0/s1. The number of benzene rings is 1. The fraction of sp³-hybridized carbons (Fsp3) is 0.375. The van der Waals surface area contributed by atoms with Crippen LogP contribution in [0.5, 0.6) is 0 Å². The third-order valence-electron chi connectivity index (χ3n) is 6.62. The molecule has 1 aliphatic carbocycles. The van der Waals surface area contributed by atoms with Gasteiger partial charge in [0.2, 0.25) is 5.91 Å². The van der Waals surface area contributed by atoms with E-state index < -0.39 is 0 Å². The molecule has 1 saturated heterocycles. The number of hydrogen-bond donors (Lipinski definition) is 1. The maximum atomic E-state index is 12.1. The first kappa shape index (κ1) is 18.4. The Balaban J connectivity index is 1.55. The summed E-state index contributed by atoms with van der Waals surface area (Å²) in [4.78, 5) is 16.7. The van der Waals surface area contributed by atoms with E-state index in [4.69, 9.17) is 0 Å². The highest BCUT2D eigenvalue weighted by atomic mass is 16.2. The Hall–Kier alpha value is -2.93. The molecule has 2 heterocycles. The number of amides is 1. The summed E-state index contributed by atoms with van der Waals surface area (Å²) < 4.78 is 0. The number of pyridine rings is 1. The summed E-state index contributed by atoms with van der Waals surface area (Å²) in [5.41, 5.74) is 3.40. The number of aromatic nitrogens is 1. The molecule has 1 N–H and O–H groups in total. The number of nitrogens with one attached hydrogen (secondary N) is 1. The summed E-state index contributed by atoms with van der Waals surface area (Å²) in [6, 6.07) is 13.8.